The number of aryl methyl sites for hydroxylation is 2. The quantitative estimate of drug-likeness (QED) is 0.652. The molecule has 0 saturated carbocycles. The van der Waals surface area contributed by atoms with Crippen LogP contribution in [0.2, 0.25) is 0 Å². The van der Waals surface area contributed by atoms with Crippen molar-refractivity contribution in [2.75, 3.05) is 19.6 Å². The number of rotatable bonds is 5. The number of nitrogens with one attached hydrogen (secondary N) is 3. The summed E-state index contributed by atoms with van der Waals surface area (Å²) in [5.41, 5.74) is 0.326. The van der Waals surface area contributed by atoms with Gasteiger partial charge in [0.2, 0.25) is 15.9 Å². The molecule has 2 heterocycles. The molecule has 1 aliphatic heterocycles. The Labute approximate surface area is 165 Å². The number of aromatic amines is 1. The van der Waals surface area contributed by atoms with E-state index >= 15 is 0 Å². The number of hydrogen-bond donors (Lipinski definition) is 3. The molecule has 0 unspecified atom stereocenters. The smallest absolute Gasteiger partial charge is 0.408 e. The summed E-state index contributed by atoms with van der Waals surface area (Å²) in [5.74, 6) is -0.339. The molecule has 1 fully saturated rings. The van der Waals surface area contributed by atoms with Gasteiger partial charge in [-0.05, 0) is 47.5 Å². The van der Waals surface area contributed by atoms with E-state index in [0.29, 0.717) is 37.3 Å². The number of amides is 2. The van der Waals surface area contributed by atoms with Gasteiger partial charge in [-0.1, -0.05) is 0 Å². The van der Waals surface area contributed by atoms with Crippen LogP contribution < -0.4 is 10.6 Å². The first-order chi connectivity index (χ1) is 12.9. The Bertz CT molecular complexity index is 800. The summed E-state index contributed by atoms with van der Waals surface area (Å²) >= 11 is 0. The molecule has 1 aromatic rings. The van der Waals surface area contributed by atoms with E-state index in [1.807, 2.05) is 0 Å². The highest BCUT2D eigenvalue weighted by atomic mass is 32.2. The largest absolute Gasteiger partial charge is 0.444 e. The molecule has 10 nitrogen and oxygen atoms in total. The van der Waals surface area contributed by atoms with Crippen LogP contribution in [0, 0.1) is 13.8 Å². The Morgan fingerprint density at radius 2 is 1.86 bits per heavy atom. The van der Waals surface area contributed by atoms with Gasteiger partial charge in [0.1, 0.15) is 17.0 Å². The molecule has 0 bridgehead atoms. The van der Waals surface area contributed by atoms with Crippen molar-refractivity contribution in [3.05, 3.63) is 11.4 Å². The number of aromatic nitrogens is 2. The molecule has 1 aromatic heterocycles. The van der Waals surface area contributed by atoms with E-state index in [1.165, 1.54) is 4.31 Å². The average molecular weight is 416 g/mol. The number of hydrogen-bond acceptors (Lipinski definition) is 6. The van der Waals surface area contributed by atoms with Crippen molar-refractivity contribution in [1.29, 1.82) is 0 Å². The van der Waals surface area contributed by atoms with Crippen LogP contribution in [-0.4, -0.2) is 66.2 Å². The Balaban J connectivity index is 1.82. The van der Waals surface area contributed by atoms with E-state index in [2.05, 4.69) is 20.8 Å². The number of piperidine rings is 1. The van der Waals surface area contributed by atoms with E-state index in [1.54, 1.807) is 34.6 Å². The number of carbonyl (C=O) groups excluding carboxylic acids is 2. The number of sulfonamides is 1. The van der Waals surface area contributed by atoms with Gasteiger partial charge in [-0.15, -0.1) is 0 Å². The minimum Gasteiger partial charge on any atom is -0.444 e. The van der Waals surface area contributed by atoms with Crippen molar-refractivity contribution in [3.8, 4) is 0 Å². The number of ether oxygens (including phenoxy) is 1. The van der Waals surface area contributed by atoms with Gasteiger partial charge < -0.3 is 15.4 Å². The third kappa shape index (κ3) is 5.68. The van der Waals surface area contributed by atoms with Crippen LogP contribution >= 0.6 is 0 Å². The fourth-order valence-electron chi connectivity index (χ4n) is 3.04. The fraction of sp³-hybridized carbons (Fsp3) is 0.706. The zero-order valence-corrected chi connectivity index (χ0v) is 17.8. The highest BCUT2D eigenvalue weighted by Crippen LogP contribution is 2.24. The maximum absolute atomic E-state index is 12.8. The van der Waals surface area contributed by atoms with Gasteiger partial charge in [-0.25, -0.2) is 13.2 Å². The lowest BCUT2D eigenvalue weighted by molar-refractivity contribution is -0.121. The van der Waals surface area contributed by atoms with Crippen LogP contribution in [0.4, 0.5) is 4.79 Å². The van der Waals surface area contributed by atoms with E-state index in [4.69, 9.17) is 4.74 Å². The third-order valence-electron chi connectivity index (χ3n) is 4.27. The van der Waals surface area contributed by atoms with Gasteiger partial charge in [0.25, 0.3) is 0 Å². The highest BCUT2D eigenvalue weighted by molar-refractivity contribution is 7.89. The van der Waals surface area contributed by atoms with Gasteiger partial charge in [-0.2, -0.15) is 9.40 Å². The lowest BCUT2D eigenvalue weighted by Gasteiger charge is -2.31. The summed E-state index contributed by atoms with van der Waals surface area (Å²) in [4.78, 5) is 23.8. The maximum atomic E-state index is 12.8. The average Bonchev–Trinajstić information content (AvgIpc) is 2.91. The van der Waals surface area contributed by atoms with Crippen LogP contribution in [0.3, 0.4) is 0 Å². The third-order valence-corrected chi connectivity index (χ3v) is 6.43. The monoisotopic (exact) mass is 415 g/mol. The van der Waals surface area contributed by atoms with Gasteiger partial charge in [0, 0.05) is 19.1 Å². The SMILES string of the molecule is Cc1n[nH]c(C)c1S(=O)(=O)N1CCC(NC(=O)CNC(=O)OC(C)(C)C)CC1. The molecular formula is C17H29N5O5S. The fourth-order valence-corrected chi connectivity index (χ4v) is 4.84. The second-order valence-corrected chi connectivity index (χ2v) is 9.74. The lowest BCUT2D eigenvalue weighted by atomic mass is 10.1. The summed E-state index contributed by atoms with van der Waals surface area (Å²) in [6.45, 7) is 8.95. The molecule has 0 spiro atoms. The summed E-state index contributed by atoms with van der Waals surface area (Å²) in [5, 5.41) is 11.9. The number of H-pyrrole nitrogens is 1. The zero-order valence-electron chi connectivity index (χ0n) is 17.0. The second-order valence-electron chi connectivity index (χ2n) is 7.86. The predicted molar refractivity (Wildman–Crippen MR) is 102 cm³/mol. The molecular weight excluding hydrogens is 386 g/mol. The van der Waals surface area contributed by atoms with Crippen LogP contribution in [0.5, 0.6) is 0 Å². The van der Waals surface area contributed by atoms with Crippen molar-refractivity contribution in [2.45, 2.75) is 64.0 Å². The Kier molecular flexibility index (Phi) is 6.71. The Morgan fingerprint density at radius 3 is 2.36 bits per heavy atom. The van der Waals surface area contributed by atoms with Gasteiger partial charge in [0.15, 0.2) is 0 Å². The number of alkyl carbamates (subject to hydrolysis) is 1. The van der Waals surface area contributed by atoms with Crippen molar-refractivity contribution >= 4 is 22.0 Å². The van der Waals surface area contributed by atoms with Crippen LogP contribution in [0.1, 0.15) is 45.0 Å². The number of nitrogens with zero attached hydrogens (tertiary/aromatic N) is 2. The molecule has 1 saturated heterocycles. The maximum Gasteiger partial charge on any atom is 0.408 e. The molecule has 11 heteroatoms. The van der Waals surface area contributed by atoms with E-state index in [0.717, 1.165) is 0 Å². The molecule has 0 aromatic carbocycles. The molecule has 1 aliphatic rings. The van der Waals surface area contributed by atoms with Gasteiger partial charge >= 0.3 is 6.09 Å². The van der Waals surface area contributed by atoms with E-state index in [-0.39, 0.29) is 23.4 Å². The van der Waals surface area contributed by atoms with E-state index < -0.39 is 21.7 Å². The van der Waals surface area contributed by atoms with Crippen LogP contribution in [0.15, 0.2) is 4.90 Å². The topological polar surface area (TPSA) is 133 Å². The number of carbonyl (C=O) groups is 2. The summed E-state index contributed by atoms with van der Waals surface area (Å²) in [6.07, 6.45) is 0.329. The molecule has 158 valence electrons. The Morgan fingerprint density at radius 1 is 1.25 bits per heavy atom. The molecule has 0 atom stereocenters. The first-order valence-corrected chi connectivity index (χ1v) is 10.6. The van der Waals surface area contributed by atoms with E-state index in [9.17, 15) is 18.0 Å². The van der Waals surface area contributed by atoms with Gasteiger partial charge in [0.05, 0.1) is 11.4 Å². The van der Waals surface area contributed by atoms with Crippen LogP contribution in [0.25, 0.3) is 0 Å². The van der Waals surface area contributed by atoms with Crippen molar-refractivity contribution in [1.82, 2.24) is 25.1 Å². The molecule has 2 amide bonds. The second kappa shape index (κ2) is 8.48. The zero-order chi connectivity index (χ0) is 21.1. The summed E-state index contributed by atoms with van der Waals surface area (Å²) in [6, 6.07) is -0.147. The first-order valence-electron chi connectivity index (χ1n) is 9.18. The molecule has 28 heavy (non-hydrogen) atoms. The predicted octanol–water partition coefficient (Wildman–Crippen LogP) is 0.821. The highest BCUT2D eigenvalue weighted by Gasteiger charge is 2.33. The normalized spacial score (nSPS) is 16.6. The lowest BCUT2D eigenvalue weighted by Crippen LogP contribution is -2.49. The minimum atomic E-state index is -3.62. The molecule has 0 aliphatic carbocycles. The van der Waals surface area contributed by atoms with Crippen molar-refractivity contribution in [2.24, 2.45) is 0 Å². The summed E-state index contributed by atoms with van der Waals surface area (Å²) in [7, 11) is -3.62. The van der Waals surface area contributed by atoms with Gasteiger partial charge in [-0.3, -0.25) is 9.89 Å². The first kappa shape index (κ1) is 22.2. The molecule has 3 N–H and O–H groups in total. The standard InChI is InChI=1S/C17H29N5O5S/c1-11-15(12(2)21-20-11)28(25,26)22-8-6-13(7-9-22)19-14(23)10-18-16(24)27-17(3,4)5/h13H,6-10H2,1-5H3,(H,18,24)(H,19,23)(H,20,21). The Hall–Kier alpha value is -2.14. The molecule has 2 rings (SSSR count). The van der Waals surface area contributed by atoms with Crippen molar-refractivity contribution < 1.29 is 22.7 Å². The molecule has 0 radical (unpaired) electrons. The minimum absolute atomic E-state index is 0.147. The summed E-state index contributed by atoms with van der Waals surface area (Å²) < 4.78 is 32.1. The van der Waals surface area contributed by atoms with Crippen LogP contribution in [-0.2, 0) is 19.6 Å². The van der Waals surface area contributed by atoms with Crippen molar-refractivity contribution in [3.63, 3.8) is 0 Å².